The molecular formula is C14H21NO2. The summed E-state index contributed by atoms with van der Waals surface area (Å²) in [5, 5.41) is 19.0. The molecular weight excluding hydrogens is 214 g/mol. The predicted octanol–water partition coefficient (Wildman–Crippen LogP) is 1.57. The van der Waals surface area contributed by atoms with E-state index in [0.29, 0.717) is 6.04 Å². The summed E-state index contributed by atoms with van der Waals surface area (Å²) in [6, 6.07) is 10.4. The molecule has 2 rings (SSSR count). The molecule has 3 nitrogen and oxygen atoms in total. The quantitative estimate of drug-likeness (QED) is 0.754. The highest BCUT2D eigenvalue weighted by molar-refractivity contribution is 5.17. The fourth-order valence-electron chi connectivity index (χ4n) is 2.18. The van der Waals surface area contributed by atoms with E-state index in [1.54, 1.807) is 0 Å². The van der Waals surface area contributed by atoms with Gasteiger partial charge in [-0.2, -0.15) is 0 Å². The van der Waals surface area contributed by atoms with Gasteiger partial charge in [-0.25, -0.2) is 0 Å². The van der Waals surface area contributed by atoms with Crippen LogP contribution in [0.3, 0.4) is 0 Å². The van der Waals surface area contributed by atoms with E-state index in [1.165, 1.54) is 12.8 Å². The van der Waals surface area contributed by atoms with Gasteiger partial charge in [0, 0.05) is 19.1 Å². The molecule has 0 heterocycles. The molecule has 1 saturated carbocycles. The van der Waals surface area contributed by atoms with Crippen molar-refractivity contribution < 1.29 is 10.2 Å². The lowest BCUT2D eigenvalue weighted by molar-refractivity contribution is 0.127. The number of aliphatic hydroxyl groups is 2. The minimum atomic E-state index is -0.392. The first kappa shape index (κ1) is 12.6. The largest absolute Gasteiger partial charge is 0.395 e. The Morgan fingerprint density at radius 1 is 1.18 bits per heavy atom. The second-order valence-electron chi connectivity index (χ2n) is 4.71. The zero-order chi connectivity index (χ0) is 12.1. The van der Waals surface area contributed by atoms with Gasteiger partial charge in [-0.05, 0) is 24.8 Å². The molecule has 0 bridgehead atoms. The molecule has 94 valence electrons. The summed E-state index contributed by atoms with van der Waals surface area (Å²) < 4.78 is 0. The summed E-state index contributed by atoms with van der Waals surface area (Å²) in [6.07, 6.45) is 2.82. The maximum Gasteiger partial charge on any atom is 0.0802 e. The van der Waals surface area contributed by atoms with Crippen LogP contribution in [0.4, 0.5) is 0 Å². The van der Waals surface area contributed by atoms with Gasteiger partial charge >= 0.3 is 0 Å². The van der Waals surface area contributed by atoms with Gasteiger partial charge in [0.1, 0.15) is 0 Å². The van der Waals surface area contributed by atoms with Crippen LogP contribution in [-0.4, -0.2) is 40.9 Å². The van der Waals surface area contributed by atoms with Crippen molar-refractivity contribution in [3.8, 4) is 0 Å². The number of benzene rings is 1. The van der Waals surface area contributed by atoms with Gasteiger partial charge in [0.15, 0.2) is 0 Å². The van der Waals surface area contributed by atoms with Gasteiger partial charge < -0.3 is 10.2 Å². The van der Waals surface area contributed by atoms with Crippen LogP contribution >= 0.6 is 0 Å². The van der Waals surface area contributed by atoms with Gasteiger partial charge in [-0.3, -0.25) is 4.90 Å². The third kappa shape index (κ3) is 3.80. The van der Waals surface area contributed by atoms with E-state index in [0.717, 1.165) is 25.1 Å². The number of nitrogens with zero attached hydrogens (tertiary/aromatic N) is 1. The summed E-state index contributed by atoms with van der Waals surface area (Å²) in [5.74, 6) is 0. The Morgan fingerprint density at radius 2 is 1.88 bits per heavy atom. The lowest BCUT2D eigenvalue weighted by Gasteiger charge is -2.22. The van der Waals surface area contributed by atoms with Crippen LogP contribution in [0.2, 0.25) is 0 Å². The monoisotopic (exact) mass is 235 g/mol. The third-order valence-electron chi connectivity index (χ3n) is 3.32. The van der Waals surface area contributed by atoms with E-state index in [1.807, 2.05) is 30.3 Å². The molecule has 2 N–H and O–H groups in total. The molecule has 1 aromatic rings. The number of aliphatic hydroxyl groups excluding tert-OH is 2. The van der Waals surface area contributed by atoms with E-state index in [9.17, 15) is 5.11 Å². The lowest BCUT2D eigenvalue weighted by Crippen LogP contribution is -2.31. The first-order valence-electron chi connectivity index (χ1n) is 6.39. The van der Waals surface area contributed by atoms with Gasteiger partial charge in [-0.15, -0.1) is 0 Å². The van der Waals surface area contributed by atoms with Crippen LogP contribution in [0.5, 0.6) is 0 Å². The molecule has 1 aliphatic carbocycles. The zero-order valence-electron chi connectivity index (χ0n) is 10.1. The topological polar surface area (TPSA) is 43.7 Å². The highest BCUT2D eigenvalue weighted by Crippen LogP contribution is 2.27. The Morgan fingerprint density at radius 3 is 2.47 bits per heavy atom. The second-order valence-corrected chi connectivity index (χ2v) is 4.71. The minimum Gasteiger partial charge on any atom is -0.395 e. The van der Waals surface area contributed by atoms with E-state index in [4.69, 9.17) is 5.11 Å². The first-order valence-corrected chi connectivity index (χ1v) is 6.39. The molecule has 1 aromatic carbocycles. The minimum absolute atomic E-state index is 0.206. The van der Waals surface area contributed by atoms with Crippen molar-refractivity contribution in [3.05, 3.63) is 35.9 Å². The number of rotatable bonds is 7. The molecule has 0 radical (unpaired) electrons. The van der Waals surface area contributed by atoms with Gasteiger partial charge in [0.25, 0.3) is 0 Å². The van der Waals surface area contributed by atoms with Crippen molar-refractivity contribution in [3.63, 3.8) is 0 Å². The van der Waals surface area contributed by atoms with Crippen molar-refractivity contribution in [1.82, 2.24) is 4.90 Å². The molecule has 3 heteroatoms. The SMILES string of the molecule is OCCN(CCC(O)c1ccccc1)C1CC1. The van der Waals surface area contributed by atoms with Gasteiger partial charge in [0.2, 0.25) is 0 Å². The van der Waals surface area contributed by atoms with Gasteiger partial charge in [0.05, 0.1) is 12.7 Å². The van der Waals surface area contributed by atoms with Crippen molar-refractivity contribution in [2.45, 2.75) is 31.4 Å². The first-order chi connectivity index (χ1) is 8.31. The molecule has 0 aliphatic heterocycles. The molecule has 1 atom stereocenters. The van der Waals surface area contributed by atoms with E-state index in [-0.39, 0.29) is 6.61 Å². The lowest BCUT2D eigenvalue weighted by atomic mass is 10.1. The van der Waals surface area contributed by atoms with Crippen LogP contribution in [-0.2, 0) is 0 Å². The van der Waals surface area contributed by atoms with E-state index < -0.39 is 6.10 Å². The normalized spacial score (nSPS) is 17.4. The number of hydrogen-bond acceptors (Lipinski definition) is 3. The molecule has 0 saturated heterocycles. The zero-order valence-corrected chi connectivity index (χ0v) is 10.1. The van der Waals surface area contributed by atoms with E-state index >= 15 is 0 Å². The van der Waals surface area contributed by atoms with Crippen LogP contribution in [0, 0.1) is 0 Å². The third-order valence-corrected chi connectivity index (χ3v) is 3.32. The Hall–Kier alpha value is -0.900. The summed E-state index contributed by atoms with van der Waals surface area (Å²) in [7, 11) is 0. The standard InChI is InChI=1S/C14H21NO2/c16-11-10-15(13-6-7-13)9-8-14(17)12-4-2-1-3-5-12/h1-5,13-14,16-17H,6-11H2. The van der Waals surface area contributed by atoms with E-state index in [2.05, 4.69) is 4.90 Å². The van der Waals surface area contributed by atoms with Crippen LogP contribution in [0.1, 0.15) is 30.9 Å². The highest BCUT2D eigenvalue weighted by Gasteiger charge is 2.28. The molecule has 0 amide bonds. The van der Waals surface area contributed by atoms with Crippen molar-refractivity contribution >= 4 is 0 Å². The summed E-state index contributed by atoms with van der Waals surface area (Å²) in [6.45, 7) is 1.80. The van der Waals surface area contributed by atoms with Crippen molar-refractivity contribution in [1.29, 1.82) is 0 Å². The number of hydrogen-bond donors (Lipinski definition) is 2. The van der Waals surface area contributed by atoms with Crippen molar-refractivity contribution in [2.24, 2.45) is 0 Å². The molecule has 0 spiro atoms. The molecule has 17 heavy (non-hydrogen) atoms. The highest BCUT2D eigenvalue weighted by atomic mass is 16.3. The Balaban J connectivity index is 1.80. The molecule has 1 fully saturated rings. The summed E-state index contributed by atoms with van der Waals surface area (Å²) in [5.41, 5.74) is 0.979. The smallest absolute Gasteiger partial charge is 0.0802 e. The van der Waals surface area contributed by atoms with Gasteiger partial charge in [-0.1, -0.05) is 30.3 Å². The predicted molar refractivity (Wildman–Crippen MR) is 67.7 cm³/mol. The summed E-state index contributed by atoms with van der Waals surface area (Å²) in [4.78, 5) is 2.28. The molecule has 1 aliphatic rings. The summed E-state index contributed by atoms with van der Waals surface area (Å²) >= 11 is 0. The van der Waals surface area contributed by atoms with Crippen molar-refractivity contribution in [2.75, 3.05) is 19.7 Å². The average molecular weight is 235 g/mol. The molecule has 1 unspecified atom stereocenters. The maximum atomic E-state index is 10.1. The Kier molecular flexibility index (Phi) is 4.54. The fourth-order valence-corrected chi connectivity index (χ4v) is 2.18. The van der Waals surface area contributed by atoms with Crippen LogP contribution in [0.25, 0.3) is 0 Å². The maximum absolute atomic E-state index is 10.1. The average Bonchev–Trinajstić information content (AvgIpc) is 3.19. The fraction of sp³-hybridized carbons (Fsp3) is 0.571. The Labute approximate surface area is 103 Å². The van der Waals surface area contributed by atoms with Crippen LogP contribution < -0.4 is 0 Å². The molecule has 0 aromatic heterocycles. The second kappa shape index (κ2) is 6.15. The Bertz CT molecular complexity index is 324. The van der Waals surface area contributed by atoms with Crippen LogP contribution in [0.15, 0.2) is 30.3 Å².